The Morgan fingerprint density at radius 3 is 2.71 bits per heavy atom. The van der Waals surface area contributed by atoms with Crippen LogP contribution in [0.4, 0.5) is 0 Å². The van der Waals surface area contributed by atoms with E-state index in [1.165, 1.54) is 0 Å². The highest BCUT2D eigenvalue weighted by atomic mass is 16.3. The summed E-state index contributed by atoms with van der Waals surface area (Å²) in [7, 11) is 0. The van der Waals surface area contributed by atoms with Gasteiger partial charge in [-0.05, 0) is 11.5 Å². The van der Waals surface area contributed by atoms with E-state index in [0.29, 0.717) is 0 Å². The zero-order valence-electron chi connectivity index (χ0n) is 9.21. The highest BCUT2D eigenvalue weighted by Crippen LogP contribution is 2.16. The van der Waals surface area contributed by atoms with Gasteiger partial charge in [0.25, 0.3) is 0 Å². The molecule has 0 aliphatic heterocycles. The summed E-state index contributed by atoms with van der Waals surface area (Å²) in [6.45, 7) is 8.10. The van der Waals surface area contributed by atoms with E-state index >= 15 is 0 Å². The quantitative estimate of drug-likeness (QED) is 0.771. The molecule has 14 heavy (non-hydrogen) atoms. The third-order valence-electron chi connectivity index (χ3n) is 2.39. The number of nitrogens with one attached hydrogen (secondary N) is 1. The van der Waals surface area contributed by atoms with Gasteiger partial charge >= 0.3 is 0 Å². The van der Waals surface area contributed by atoms with Gasteiger partial charge < -0.3 is 15.5 Å². The molecule has 1 rings (SSSR count). The van der Waals surface area contributed by atoms with E-state index in [2.05, 4.69) is 26.1 Å². The van der Waals surface area contributed by atoms with Gasteiger partial charge in [-0.25, -0.2) is 0 Å². The van der Waals surface area contributed by atoms with Crippen molar-refractivity contribution in [2.24, 2.45) is 11.1 Å². The Labute approximate surface area is 85.7 Å². The van der Waals surface area contributed by atoms with E-state index < -0.39 is 0 Å². The minimum absolute atomic E-state index is 0.156. The van der Waals surface area contributed by atoms with E-state index in [-0.39, 0.29) is 11.5 Å². The molecule has 1 atom stereocenters. The molecule has 0 saturated heterocycles. The van der Waals surface area contributed by atoms with E-state index in [9.17, 15) is 0 Å². The summed E-state index contributed by atoms with van der Waals surface area (Å²) in [5.74, 6) is 0. The molecule has 0 bridgehead atoms. The predicted molar refractivity (Wildman–Crippen MR) is 57.8 cm³/mol. The number of hydrogen-bond donors (Lipinski definition) is 2. The maximum absolute atomic E-state index is 6.00. The van der Waals surface area contributed by atoms with Gasteiger partial charge in [-0.3, -0.25) is 0 Å². The molecule has 0 radical (unpaired) electrons. The second-order valence-electron chi connectivity index (χ2n) is 4.74. The second kappa shape index (κ2) is 4.62. The van der Waals surface area contributed by atoms with Crippen molar-refractivity contribution in [3.63, 3.8) is 0 Å². The van der Waals surface area contributed by atoms with E-state index in [4.69, 9.17) is 10.2 Å². The lowest BCUT2D eigenvalue weighted by atomic mass is 9.87. The molecule has 3 nitrogen and oxygen atoms in total. The van der Waals surface area contributed by atoms with Gasteiger partial charge in [0.05, 0.1) is 12.5 Å². The summed E-state index contributed by atoms with van der Waals surface area (Å²) in [5, 5.41) is 3.31. The minimum Gasteiger partial charge on any atom is -0.472 e. The van der Waals surface area contributed by atoms with Gasteiger partial charge in [0, 0.05) is 24.7 Å². The fraction of sp³-hybridized carbons (Fsp3) is 0.636. The standard InChI is InChI=1S/C11H20N2O/c1-11(2,3)10(12)7-13-6-9-4-5-14-8-9/h4-5,8,10,13H,6-7,12H2,1-3H3. The van der Waals surface area contributed by atoms with Crippen molar-refractivity contribution < 1.29 is 4.42 Å². The van der Waals surface area contributed by atoms with Crippen LogP contribution >= 0.6 is 0 Å². The predicted octanol–water partition coefficient (Wildman–Crippen LogP) is 1.74. The molecule has 0 fully saturated rings. The molecule has 1 aromatic heterocycles. The molecule has 0 saturated carbocycles. The normalized spacial score (nSPS) is 14.3. The van der Waals surface area contributed by atoms with Crippen LogP contribution in [0.15, 0.2) is 23.0 Å². The molecule has 0 aliphatic rings. The van der Waals surface area contributed by atoms with Crippen LogP contribution in [0.3, 0.4) is 0 Å². The zero-order valence-corrected chi connectivity index (χ0v) is 9.21. The summed E-state index contributed by atoms with van der Waals surface area (Å²) in [4.78, 5) is 0. The Bertz CT molecular complexity index is 249. The zero-order chi connectivity index (χ0) is 10.6. The molecule has 0 amide bonds. The lowest BCUT2D eigenvalue weighted by Crippen LogP contribution is -2.43. The first-order chi connectivity index (χ1) is 6.50. The molecule has 80 valence electrons. The van der Waals surface area contributed by atoms with Crippen LogP contribution < -0.4 is 11.1 Å². The summed E-state index contributed by atoms with van der Waals surface area (Å²) in [5.41, 5.74) is 7.32. The molecular formula is C11H20N2O. The molecule has 3 N–H and O–H groups in total. The summed E-state index contributed by atoms with van der Waals surface area (Å²) in [6.07, 6.45) is 3.43. The second-order valence-corrected chi connectivity index (χ2v) is 4.74. The average Bonchev–Trinajstić information content (AvgIpc) is 2.55. The Hall–Kier alpha value is -0.800. The van der Waals surface area contributed by atoms with Crippen LogP contribution in [-0.4, -0.2) is 12.6 Å². The van der Waals surface area contributed by atoms with Crippen molar-refractivity contribution in [2.45, 2.75) is 33.4 Å². The number of nitrogens with two attached hydrogens (primary N) is 1. The molecule has 3 heteroatoms. The van der Waals surface area contributed by atoms with Crippen LogP contribution in [-0.2, 0) is 6.54 Å². The average molecular weight is 196 g/mol. The largest absolute Gasteiger partial charge is 0.472 e. The van der Waals surface area contributed by atoms with Crippen molar-refractivity contribution in [2.75, 3.05) is 6.54 Å². The third kappa shape index (κ3) is 3.52. The summed E-state index contributed by atoms with van der Waals surface area (Å²) >= 11 is 0. The van der Waals surface area contributed by atoms with Crippen LogP contribution in [0, 0.1) is 5.41 Å². The first kappa shape index (κ1) is 11.3. The van der Waals surface area contributed by atoms with Crippen LogP contribution in [0.25, 0.3) is 0 Å². The van der Waals surface area contributed by atoms with Crippen LogP contribution in [0.1, 0.15) is 26.3 Å². The molecule has 1 unspecified atom stereocenters. The Balaban J connectivity index is 2.22. The number of hydrogen-bond acceptors (Lipinski definition) is 3. The molecule has 1 aromatic rings. The summed E-state index contributed by atoms with van der Waals surface area (Å²) in [6, 6.07) is 2.13. The van der Waals surface area contributed by atoms with Crippen LogP contribution in [0.2, 0.25) is 0 Å². The molecule has 0 spiro atoms. The molecule has 0 aliphatic carbocycles. The van der Waals surface area contributed by atoms with Gasteiger partial charge in [-0.15, -0.1) is 0 Å². The first-order valence-electron chi connectivity index (χ1n) is 4.97. The Morgan fingerprint density at radius 1 is 1.50 bits per heavy atom. The Kier molecular flexibility index (Phi) is 3.72. The van der Waals surface area contributed by atoms with E-state index in [1.807, 2.05) is 6.07 Å². The first-order valence-corrected chi connectivity index (χ1v) is 4.97. The third-order valence-corrected chi connectivity index (χ3v) is 2.39. The highest BCUT2D eigenvalue weighted by molar-refractivity contribution is 5.04. The lowest BCUT2D eigenvalue weighted by molar-refractivity contribution is 0.309. The topological polar surface area (TPSA) is 51.2 Å². The van der Waals surface area contributed by atoms with Crippen molar-refractivity contribution in [1.29, 1.82) is 0 Å². The minimum atomic E-state index is 0.156. The van der Waals surface area contributed by atoms with Gasteiger partial charge in [0.15, 0.2) is 0 Å². The van der Waals surface area contributed by atoms with Crippen molar-refractivity contribution in [1.82, 2.24) is 5.32 Å². The van der Waals surface area contributed by atoms with E-state index in [1.54, 1.807) is 12.5 Å². The number of rotatable bonds is 4. The SMILES string of the molecule is CC(C)(C)C(N)CNCc1ccoc1. The summed E-state index contributed by atoms with van der Waals surface area (Å²) < 4.78 is 4.97. The lowest BCUT2D eigenvalue weighted by Gasteiger charge is -2.27. The maximum atomic E-state index is 6.00. The van der Waals surface area contributed by atoms with E-state index in [0.717, 1.165) is 18.7 Å². The van der Waals surface area contributed by atoms with Crippen molar-refractivity contribution in [3.05, 3.63) is 24.2 Å². The van der Waals surface area contributed by atoms with Gasteiger partial charge in [-0.2, -0.15) is 0 Å². The van der Waals surface area contributed by atoms with Crippen molar-refractivity contribution in [3.8, 4) is 0 Å². The molecule has 0 aromatic carbocycles. The Morgan fingerprint density at radius 2 is 2.21 bits per heavy atom. The van der Waals surface area contributed by atoms with Crippen molar-refractivity contribution >= 4 is 0 Å². The van der Waals surface area contributed by atoms with Gasteiger partial charge in [0.1, 0.15) is 0 Å². The monoisotopic (exact) mass is 196 g/mol. The molecular weight excluding hydrogens is 176 g/mol. The maximum Gasteiger partial charge on any atom is 0.0947 e. The number of furan rings is 1. The van der Waals surface area contributed by atoms with Crippen LogP contribution in [0.5, 0.6) is 0 Å². The fourth-order valence-corrected chi connectivity index (χ4v) is 1.07. The highest BCUT2D eigenvalue weighted by Gasteiger charge is 2.19. The van der Waals surface area contributed by atoms with Gasteiger partial charge in [-0.1, -0.05) is 20.8 Å². The molecule has 1 heterocycles. The van der Waals surface area contributed by atoms with Gasteiger partial charge in [0.2, 0.25) is 0 Å². The smallest absolute Gasteiger partial charge is 0.0947 e. The fourth-order valence-electron chi connectivity index (χ4n) is 1.07.